The molecule has 2 rings (SSSR count). The SMILES string of the molecule is O=[P@@](Cl)(Cc1ccccc1)OC1CCCCC1. The minimum absolute atomic E-state index is 0.0933. The molecule has 2 nitrogen and oxygen atoms in total. The maximum Gasteiger partial charge on any atom is 0.294 e. The highest BCUT2D eigenvalue weighted by Gasteiger charge is 2.26. The molecule has 0 aliphatic heterocycles. The van der Waals surface area contributed by atoms with Crippen LogP contribution in [-0.2, 0) is 15.3 Å². The zero-order valence-electron chi connectivity index (χ0n) is 9.85. The van der Waals surface area contributed by atoms with E-state index in [0.717, 1.165) is 31.2 Å². The van der Waals surface area contributed by atoms with E-state index in [1.54, 1.807) is 0 Å². The van der Waals surface area contributed by atoms with Gasteiger partial charge >= 0.3 is 0 Å². The smallest absolute Gasteiger partial charge is 0.294 e. The van der Waals surface area contributed by atoms with Crippen molar-refractivity contribution in [1.82, 2.24) is 0 Å². The van der Waals surface area contributed by atoms with Crippen LogP contribution >= 0.6 is 18.0 Å². The zero-order valence-corrected chi connectivity index (χ0v) is 11.5. The summed E-state index contributed by atoms with van der Waals surface area (Å²) in [4.78, 5) is 0. The normalized spacial score (nSPS) is 21.0. The first-order valence-corrected chi connectivity index (χ1v) is 8.88. The highest BCUT2D eigenvalue weighted by atomic mass is 35.7. The molecule has 1 fully saturated rings. The van der Waals surface area contributed by atoms with Crippen LogP contribution < -0.4 is 0 Å². The van der Waals surface area contributed by atoms with Crippen LogP contribution in [0.1, 0.15) is 37.7 Å². The lowest BCUT2D eigenvalue weighted by Crippen LogP contribution is -2.14. The van der Waals surface area contributed by atoms with E-state index < -0.39 is 6.72 Å². The van der Waals surface area contributed by atoms with Crippen LogP contribution in [0.4, 0.5) is 0 Å². The molecule has 1 atom stereocenters. The molecule has 0 unspecified atom stereocenters. The summed E-state index contributed by atoms with van der Waals surface area (Å²) in [5.74, 6) is 0. The molecule has 4 heteroatoms. The highest BCUT2D eigenvalue weighted by molar-refractivity contribution is 7.84. The van der Waals surface area contributed by atoms with E-state index in [1.807, 2.05) is 30.3 Å². The summed E-state index contributed by atoms with van der Waals surface area (Å²) in [6.45, 7) is -3.01. The van der Waals surface area contributed by atoms with Crippen molar-refractivity contribution < 1.29 is 9.09 Å². The highest BCUT2D eigenvalue weighted by Crippen LogP contribution is 2.57. The molecular weight excluding hydrogens is 255 g/mol. The molecule has 0 amide bonds. The lowest BCUT2D eigenvalue weighted by atomic mass is 9.98. The summed E-state index contributed by atoms with van der Waals surface area (Å²) in [5, 5.41) is 0. The number of benzene rings is 1. The van der Waals surface area contributed by atoms with E-state index in [0.29, 0.717) is 6.16 Å². The minimum Gasteiger partial charge on any atom is -0.314 e. The van der Waals surface area contributed by atoms with Gasteiger partial charge in [-0.25, -0.2) is 0 Å². The summed E-state index contributed by atoms with van der Waals surface area (Å²) in [7, 11) is 0. The van der Waals surface area contributed by atoms with Gasteiger partial charge in [0.2, 0.25) is 0 Å². The van der Waals surface area contributed by atoms with Crippen molar-refractivity contribution in [2.24, 2.45) is 0 Å². The maximum atomic E-state index is 12.2. The Morgan fingerprint density at radius 1 is 1.18 bits per heavy atom. The van der Waals surface area contributed by atoms with Crippen LogP contribution in [0.25, 0.3) is 0 Å². The predicted molar refractivity (Wildman–Crippen MR) is 71.6 cm³/mol. The van der Waals surface area contributed by atoms with Gasteiger partial charge in [-0.1, -0.05) is 49.6 Å². The van der Waals surface area contributed by atoms with Gasteiger partial charge in [0.05, 0.1) is 12.3 Å². The summed E-state index contributed by atoms with van der Waals surface area (Å²) in [6.07, 6.45) is 5.98. The van der Waals surface area contributed by atoms with Crippen molar-refractivity contribution in [3.05, 3.63) is 35.9 Å². The summed E-state index contributed by atoms with van der Waals surface area (Å²) in [5.41, 5.74) is 0.974. The van der Waals surface area contributed by atoms with Crippen molar-refractivity contribution >= 4 is 18.0 Å². The molecule has 0 saturated heterocycles. The van der Waals surface area contributed by atoms with E-state index in [1.165, 1.54) is 6.42 Å². The molecule has 0 spiro atoms. The van der Waals surface area contributed by atoms with Crippen LogP contribution in [0.3, 0.4) is 0 Å². The number of hydrogen-bond acceptors (Lipinski definition) is 2. The van der Waals surface area contributed by atoms with E-state index in [9.17, 15) is 4.57 Å². The quantitative estimate of drug-likeness (QED) is 0.724. The van der Waals surface area contributed by atoms with Crippen LogP contribution in [0, 0.1) is 0 Å². The van der Waals surface area contributed by atoms with Crippen LogP contribution in [0.15, 0.2) is 30.3 Å². The Hall–Kier alpha value is -0.300. The van der Waals surface area contributed by atoms with Crippen molar-refractivity contribution in [2.45, 2.75) is 44.4 Å². The Kier molecular flexibility index (Phi) is 4.67. The molecule has 0 heterocycles. The third-order valence-electron chi connectivity index (χ3n) is 3.07. The van der Waals surface area contributed by atoms with Crippen molar-refractivity contribution in [3.63, 3.8) is 0 Å². The Labute approximate surface area is 108 Å². The predicted octanol–water partition coefficient (Wildman–Crippen LogP) is 4.97. The zero-order chi connectivity index (χ0) is 12.1. The molecule has 0 radical (unpaired) electrons. The molecule has 17 heavy (non-hydrogen) atoms. The second-order valence-corrected chi connectivity index (χ2v) is 7.85. The van der Waals surface area contributed by atoms with Gasteiger partial charge in [-0.15, -0.1) is 0 Å². The van der Waals surface area contributed by atoms with Gasteiger partial charge in [0.15, 0.2) is 0 Å². The summed E-state index contributed by atoms with van der Waals surface area (Å²) < 4.78 is 17.8. The molecule has 1 aromatic carbocycles. The lowest BCUT2D eigenvalue weighted by molar-refractivity contribution is 0.162. The van der Waals surface area contributed by atoms with Gasteiger partial charge in [-0.2, -0.15) is 0 Å². The third-order valence-corrected chi connectivity index (χ3v) is 5.03. The van der Waals surface area contributed by atoms with E-state index >= 15 is 0 Å². The van der Waals surface area contributed by atoms with Crippen LogP contribution in [-0.4, -0.2) is 6.10 Å². The molecule has 1 saturated carbocycles. The molecule has 1 aromatic rings. The average Bonchev–Trinajstić information content (AvgIpc) is 2.30. The number of halogens is 1. The first kappa shape index (κ1) is 13.1. The van der Waals surface area contributed by atoms with Gasteiger partial charge in [-0.3, -0.25) is 4.57 Å². The maximum absolute atomic E-state index is 12.2. The Bertz CT molecular complexity index is 388. The fourth-order valence-electron chi connectivity index (χ4n) is 2.23. The molecule has 0 aromatic heterocycles. The van der Waals surface area contributed by atoms with E-state index in [4.69, 9.17) is 15.8 Å². The average molecular weight is 273 g/mol. The Morgan fingerprint density at radius 3 is 2.47 bits per heavy atom. The monoisotopic (exact) mass is 272 g/mol. The molecule has 0 bridgehead atoms. The first-order valence-electron chi connectivity index (χ1n) is 6.17. The van der Waals surface area contributed by atoms with Gasteiger partial charge in [-0.05, 0) is 29.6 Å². The topological polar surface area (TPSA) is 26.3 Å². The van der Waals surface area contributed by atoms with Crippen molar-refractivity contribution in [3.8, 4) is 0 Å². The van der Waals surface area contributed by atoms with Crippen LogP contribution in [0.5, 0.6) is 0 Å². The number of rotatable bonds is 4. The Morgan fingerprint density at radius 2 is 1.82 bits per heavy atom. The lowest BCUT2D eigenvalue weighted by Gasteiger charge is -2.24. The fourth-order valence-corrected chi connectivity index (χ4v) is 4.36. The van der Waals surface area contributed by atoms with Gasteiger partial charge in [0.25, 0.3) is 6.72 Å². The fraction of sp³-hybridized carbons (Fsp3) is 0.538. The van der Waals surface area contributed by atoms with Crippen molar-refractivity contribution in [1.29, 1.82) is 0 Å². The van der Waals surface area contributed by atoms with Crippen LogP contribution in [0.2, 0.25) is 0 Å². The summed E-state index contributed by atoms with van der Waals surface area (Å²) in [6, 6.07) is 9.64. The Balaban J connectivity index is 1.92. The molecule has 1 aliphatic carbocycles. The largest absolute Gasteiger partial charge is 0.314 e. The van der Waals surface area contributed by atoms with Crippen molar-refractivity contribution in [2.75, 3.05) is 0 Å². The van der Waals surface area contributed by atoms with E-state index in [2.05, 4.69) is 0 Å². The third kappa shape index (κ3) is 4.46. The number of hydrogen-bond donors (Lipinski definition) is 0. The molecule has 0 N–H and O–H groups in total. The van der Waals surface area contributed by atoms with Gasteiger partial charge in [0, 0.05) is 0 Å². The molecular formula is C13H18ClO2P. The molecule has 1 aliphatic rings. The minimum atomic E-state index is -3.01. The second-order valence-electron chi connectivity index (χ2n) is 4.60. The first-order chi connectivity index (χ1) is 8.16. The van der Waals surface area contributed by atoms with Gasteiger partial charge in [0.1, 0.15) is 0 Å². The second kappa shape index (κ2) is 6.04. The summed E-state index contributed by atoms with van der Waals surface area (Å²) >= 11 is 6.04. The van der Waals surface area contributed by atoms with E-state index in [-0.39, 0.29) is 6.10 Å². The standard InChI is InChI=1S/C13H18ClO2P/c14-17(15,11-12-7-3-1-4-8-12)16-13-9-5-2-6-10-13/h1,3-4,7-8,13H,2,5-6,9-11H2/t17-/m0/s1. The molecule has 94 valence electrons. The van der Waals surface area contributed by atoms with Gasteiger partial charge < -0.3 is 4.52 Å².